The lowest BCUT2D eigenvalue weighted by Crippen LogP contribution is -2.15. The van der Waals surface area contributed by atoms with Gasteiger partial charge in [0.15, 0.2) is 5.82 Å². The fraction of sp³-hybridized carbons (Fsp3) is 0.235. The number of hydrogen-bond acceptors (Lipinski definition) is 7. The van der Waals surface area contributed by atoms with E-state index >= 15 is 0 Å². The Morgan fingerprint density at radius 2 is 1.96 bits per heavy atom. The number of nitrogens with zero attached hydrogens (tertiary/aromatic N) is 5. The molecule has 1 saturated carbocycles. The smallest absolute Gasteiger partial charge is 0.273 e. The topological polar surface area (TPSA) is 133 Å². The highest BCUT2D eigenvalue weighted by atomic mass is 32.2. The van der Waals surface area contributed by atoms with E-state index in [1.165, 1.54) is 25.1 Å². The molecule has 28 heavy (non-hydrogen) atoms. The molecule has 0 unspecified atom stereocenters. The van der Waals surface area contributed by atoms with E-state index in [-0.39, 0.29) is 22.2 Å². The van der Waals surface area contributed by atoms with Crippen LogP contribution in [0.2, 0.25) is 0 Å². The Morgan fingerprint density at radius 3 is 2.68 bits per heavy atom. The summed E-state index contributed by atoms with van der Waals surface area (Å²) in [6, 6.07) is 10.9. The molecule has 1 heterocycles. The number of benzene rings is 2. The maximum absolute atomic E-state index is 12.8. The quantitative estimate of drug-likeness (QED) is 0.497. The standard InChI is InChI=1S/C17H16N6O4S/c1-11-15(23(24)25)6-3-7-16(11)28(26,27)19-13-5-2-4-12(10-13)17-18-20-21-22(17)14-8-9-14/h2-7,10,14,19H,8-9H2,1H3. The van der Waals surface area contributed by atoms with Crippen molar-refractivity contribution in [1.29, 1.82) is 0 Å². The molecule has 2 aromatic carbocycles. The number of nitro benzene ring substituents is 1. The summed E-state index contributed by atoms with van der Waals surface area (Å²) in [4.78, 5) is 10.3. The summed E-state index contributed by atoms with van der Waals surface area (Å²) < 4.78 is 29.8. The zero-order chi connectivity index (χ0) is 19.9. The van der Waals surface area contributed by atoms with Gasteiger partial charge in [-0.2, -0.15) is 0 Å². The Balaban J connectivity index is 1.67. The SMILES string of the molecule is Cc1c([N+](=O)[O-])cccc1S(=O)(=O)Nc1cccc(-c2nnnn2C2CC2)c1. The molecule has 1 aliphatic rings. The maximum atomic E-state index is 12.8. The van der Waals surface area contributed by atoms with E-state index < -0.39 is 14.9 Å². The molecular weight excluding hydrogens is 384 g/mol. The maximum Gasteiger partial charge on any atom is 0.273 e. The van der Waals surface area contributed by atoms with Gasteiger partial charge in [0.05, 0.1) is 15.9 Å². The summed E-state index contributed by atoms with van der Waals surface area (Å²) in [6.07, 6.45) is 2.02. The van der Waals surface area contributed by atoms with Crippen LogP contribution in [-0.2, 0) is 10.0 Å². The molecule has 0 saturated heterocycles. The monoisotopic (exact) mass is 400 g/mol. The summed E-state index contributed by atoms with van der Waals surface area (Å²) in [6.45, 7) is 1.41. The van der Waals surface area contributed by atoms with Crippen LogP contribution in [0.4, 0.5) is 11.4 Å². The molecule has 11 heteroatoms. The third kappa shape index (κ3) is 3.31. The molecule has 4 rings (SSSR count). The van der Waals surface area contributed by atoms with Crippen molar-refractivity contribution in [2.45, 2.75) is 30.7 Å². The van der Waals surface area contributed by atoms with Crippen molar-refractivity contribution in [2.24, 2.45) is 0 Å². The van der Waals surface area contributed by atoms with Gasteiger partial charge in [0.1, 0.15) is 0 Å². The Kier molecular flexibility index (Phi) is 4.30. The molecular formula is C17H16N6O4S. The van der Waals surface area contributed by atoms with Crippen LogP contribution in [0, 0.1) is 17.0 Å². The fourth-order valence-corrected chi connectivity index (χ4v) is 4.29. The zero-order valence-corrected chi connectivity index (χ0v) is 15.6. The second-order valence-corrected chi connectivity index (χ2v) is 8.17. The summed E-state index contributed by atoms with van der Waals surface area (Å²) in [5.74, 6) is 0.565. The van der Waals surface area contributed by atoms with Gasteiger partial charge in [-0.05, 0) is 48.4 Å². The van der Waals surface area contributed by atoms with Gasteiger partial charge < -0.3 is 0 Å². The van der Waals surface area contributed by atoms with Crippen molar-refractivity contribution in [3.63, 3.8) is 0 Å². The minimum atomic E-state index is -4.01. The molecule has 1 aromatic heterocycles. The molecule has 1 aliphatic carbocycles. The molecule has 10 nitrogen and oxygen atoms in total. The highest BCUT2D eigenvalue weighted by Gasteiger charge is 2.28. The number of nitrogens with one attached hydrogen (secondary N) is 1. The predicted octanol–water partition coefficient (Wildman–Crippen LogP) is 2.69. The number of tetrazole rings is 1. The van der Waals surface area contributed by atoms with Gasteiger partial charge in [-0.1, -0.05) is 18.2 Å². The first kappa shape index (κ1) is 18.0. The summed E-state index contributed by atoms with van der Waals surface area (Å²) in [7, 11) is -4.01. The minimum absolute atomic E-state index is 0.0776. The second kappa shape index (κ2) is 6.68. The molecule has 0 amide bonds. The van der Waals surface area contributed by atoms with Crippen molar-refractivity contribution in [3.05, 3.63) is 58.1 Å². The molecule has 0 spiro atoms. The molecule has 144 valence electrons. The summed E-state index contributed by atoms with van der Waals surface area (Å²) >= 11 is 0. The lowest BCUT2D eigenvalue weighted by molar-refractivity contribution is -0.385. The fourth-order valence-electron chi connectivity index (χ4n) is 2.97. The summed E-state index contributed by atoms with van der Waals surface area (Å²) in [5.41, 5.74) is 0.815. The van der Waals surface area contributed by atoms with Crippen LogP contribution in [0.3, 0.4) is 0 Å². The van der Waals surface area contributed by atoms with E-state index in [1.54, 1.807) is 28.9 Å². The number of anilines is 1. The van der Waals surface area contributed by atoms with Crippen molar-refractivity contribution >= 4 is 21.4 Å². The Labute approximate surface area is 160 Å². The van der Waals surface area contributed by atoms with Gasteiger partial charge in [0, 0.05) is 22.9 Å². The van der Waals surface area contributed by atoms with E-state index in [4.69, 9.17) is 0 Å². The van der Waals surface area contributed by atoms with E-state index in [0.717, 1.165) is 12.8 Å². The molecule has 0 radical (unpaired) electrons. The van der Waals surface area contributed by atoms with Crippen LogP contribution < -0.4 is 4.72 Å². The van der Waals surface area contributed by atoms with Crippen LogP contribution in [0.5, 0.6) is 0 Å². The number of aromatic nitrogens is 4. The van der Waals surface area contributed by atoms with Crippen molar-refractivity contribution in [1.82, 2.24) is 20.2 Å². The van der Waals surface area contributed by atoms with E-state index in [9.17, 15) is 18.5 Å². The molecule has 0 aliphatic heterocycles. The predicted molar refractivity (Wildman–Crippen MR) is 100 cm³/mol. The lowest BCUT2D eigenvalue weighted by atomic mass is 10.2. The van der Waals surface area contributed by atoms with E-state index in [2.05, 4.69) is 20.2 Å². The minimum Gasteiger partial charge on any atom is -0.280 e. The highest BCUT2D eigenvalue weighted by molar-refractivity contribution is 7.92. The molecule has 3 aromatic rings. The Morgan fingerprint density at radius 1 is 1.21 bits per heavy atom. The third-order valence-electron chi connectivity index (χ3n) is 4.50. The van der Waals surface area contributed by atoms with E-state index in [1.807, 2.05) is 0 Å². The number of hydrogen-bond donors (Lipinski definition) is 1. The largest absolute Gasteiger partial charge is 0.280 e. The lowest BCUT2D eigenvalue weighted by Gasteiger charge is -2.11. The average Bonchev–Trinajstić information content (AvgIpc) is 3.37. The number of rotatable bonds is 6. The number of sulfonamides is 1. The van der Waals surface area contributed by atoms with Crippen molar-refractivity contribution in [3.8, 4) is 11.4 Å². The van der Waals surface area contributed by atoms with Crippen LogP contribution in [0.25, 0.3) is 11.4 Å². The Bertz CT molecular complexity index is 1170. The van der Waals surface area contributed by atoms with Gasteiger partial charge in [-0.3, -0.25) is 14.8 Å². The normalized spacial score (nSPS) is 14.0. The number of nitro groups is 1. The molecule has 0 atom stereocenters. The van der Waals surface area contributed by atoms with E-state index in [0.29, 0.717) is 17.1 Å². The van der Waals surface area contributed by atoms with Crippen LogP contribution >= 0.6 is 0 Å². The van der Waals surface area contributed by atoms with Gasteiger partial charge in [-0.15, -0.1) is 5.10 Å². The van der Waals surface area contributed by atoms with Gasteiger partial charge in [0.2, 0.25) is 0 Å². The molecule has 1 fully saturated rings. The highest BCUT2D eigenvalue weighted by Crippen LogP contribution is 2.37. The Hall–Kier alpha value is -3.34. The van der Waals surface area contributed by atoms with Gasteiger partial charge in [0.25, 0.3) is 15.7 Å². The van der Waals surface area contributed by atoms with Gasteiger partial charge >= 0.3 is 0 Å². The molecule has 1 N–H and O–H groups in total. The van der Waals surface area contributed by atoms with Crippen LogP contribution in [0.1, 0.15) is 24.4 Å². The first-order valence-electron chi connectivity index (χ1n) is 8.52. The first-order chi connectivity index (χ1) is 13.4. The summed E-state index contributed by atoms with van der Waals surface area (Å²) in [5, 5.41) is 22.8. The third-order valence-corrected chi connectivity index (χ3v) is 6.03. The van der Waals surface area contributed by atoms with Gasteiger partial charge in [-0.25, -0.2) is 13.1 Å². The van der Waals surface area contributed by atoms with Crippen LogP contribution in [-0.4, -0.2) is 33.5 Å². The average molecular weight is 400 g/mol. The van der Waals surface area contributed by atoms with Crippen LogP contribution in [0.15, 0.2) is 47.4 Å². The second-order valence-electron chi connectivity index (χ2n) is 6.52. The van der Waals surface area contributed by atoms with Crippen molar-refractivity contribution in [2.75, 3.05) is 4.72 Å². The van der Waals surface area contributed by atoms with Crippen molar-refractivity contribution < 1.29 is 13.3 Å². The molecule has 0 bridgehead atoms. The first-order valence-corrected chi connectivity index (χ1v) is 10.0. The zero-order valence-electron chi connectivity index (χ0n) is 14.8.